The average Bonchev–Trinajstić information content (AvgIpc) is 0.953. The van der Waals surface area contributed by atoms with Crippen LogP contribution < -0.4 is 0 Å². The number of phosphoric ester groups is 2. The Kier molecular flexibility index (Phi) is 74.1. The average molecular weight is 1510 g/mol. The molecular formula is C84H164O17P2. The fourth-order valence-electron chi connectivity index (χ4n) is 13.0. The molecule has 0 aromatic carbocycles. The summed E-state index contributed by atoms with van der Waals surface area (Å²) in [7, 11) is -9.92. The minimum absolute atomic E-state index is 0.108. The Bertz CT molecular complexity index is 1980. The van der Waals surface area contributed by atoms with Crippen molar-refractivity contribution in [2.45, 2.75) is 464 Å². The summed E-state index contributed by atoms with van der Waals surface area (Å²) in [5.74, 6) is -0.410. The Labute approximate surface area is 632 Å². The first-order valence-electron chi connectivity index (χ1n) is 43.6. The second-order valence-corrected chi connectivity index (χ2v) is 33.6. The van der Waals surface area contributed by atoms with Crippen LogP contribution in [-0.2, 0) is 65.4 Å². The van der Waals surface area contributed by atoms with Crippen LogP contribution in [0.3, 0.4) is 0 Å². The van der Waals surface area contributed by atoms with Crippen LogP contribution in [0.1, 0.15) is 446 Å². The molecule has 0 amide bonds. The first kappa shape index (κ1) is 101. The number of phosphoric acid groups is 2. The molecule has 0 spiro atoms. The van der Waals surface area contributed by atoms with E-state index in [1.165, 1.54) is 257 Å². The predicted molar refractivity (Wildman–Crippen MR) is 423 cm³/mol. The Morgan fingerprint density at radius 2 is 0.466 bits per heavy atom. The molecule has 4 unspecified atom stereocenters. The van der Waals surface area contributed by atoms with E-state index < -0.39 is 97.5 Å². The highest BCUT2D eigenvalue weighted by molar-refractivity contribution is 7.47. The van der Waals surface area contributed by atoms with Crippen LogP contribution in [0.2, 0.25) is 0 Å². The van der Waals surface area contributed by atoms with Crippen LogP contribution in [0.4, 0.5) is 0 Å². The van der Waals surface area contributed by atoms with E-state index in [1.807, 2.05) is 0 Å². The highest BCUT2D eigenvalue weighted by atomic mass is 31.2. The summed E-state index contributed by atoms with van der Waals surface area (Å²) in [4.78, 5) is 73.1. The number of carbonyl (C=O) groups excluding carboxylic acids is 4. The fraction of sp³-hybridized carbons (Fsp3) is 0.952. The molecule has 0 rings (SSSR count). The zero-order chi connectivity index (χ0) is 75.6. The lowest BCUT2D eigenvalue weighted by Gasteiger charge is -2.21. The monoisotopic (exact) mass is 1510 g/mol. The summed E-state index contributed by atoms with van der Waals surface area (Å²) in [6.45, 7) is 9.74. The van der Waals surface area contributed by atoms with Crippen molar-refractivity contribution in [1.82, 2.24) is 0 Å². The van der Waals surface area contributed by atoms with Crippen LogP contribution in [0, 0.1) is 11.8 Å². The minimum atomic E-state index is -4.96. The number of hydrogen-bond donors (Lipinski definition) is 3. The van der Waals surface area contributed by atoms with Gasteiger partial charge in [-0.3, -0.25) is 37.3 Å². The summed E-state index contributed by atoms with van der Waals surface area (Å²) in [6, 6.07) is 0. The number of hydrogen-bond acceptors (Lipinski definition) is 15. The molecule has 0 aromatic rings. The van der Waals surface area contributed by atoms with Gasteiger partial charge in [-0.05, 0) is 37.5 Å². The third-order valence-electron chi connectivity index (χ3n) is 20.4. The molecule has 0 aliphatic rings. The molecule has 0 aliphatic carbocycles. The number of esters is 4. The van der Waals surface area contributed by atoms with E-state index in [1.54, 1.807) is 0 Å². The minimum Gasteiger partial charge on any atom is -0.462 e. The first-order chi connectivity index (χ1) is 49.9. The van der Waals surface area contributed by atoms with E-state index in [0.717, 1.165) is 108 Å². The van der Waals surface area contributed by atoms with Gasteiger partial charge < -0.3 is 33.8 Å². The first-order valence-corrected chi connectivity index (χ1v) is 46.6. The molecule has 612 valence electrons. The molecule has 7 atom stereocenters. The van der Waals surface area contributed by atoms with E-state index in [2.05, 4.69) is 41.5 Å². The quantitative estimate of drug-likeness (QED) is 0.0222. The van der Waals surface area contributed by atoms with Gasteiger partial charge in [0.25, 0.3) is 0 Å². The highest BCUT2D eigenvalue weighted by Crippen LogP contribution is 2.45. The molecule has 103 heavy (non-hydrogen) atoms. The van der Waals surface area contributed by atoms with Gasteiger partial charge in [0.1, 0.15) is 19.3 Å². The molecule has 0 saturated heterocycles. The van der Waals surface area contributed by atoms with Gasteiger partial charge in [0.15, 0.2) is 12.2 Å². The molecule has 0 fully saturated rings. The number of ether oxygens (including phenoxy) is 4. The summed E-state index contributed by atoms with van der Waals surface area (Å²) in [5, 5.41) is 10.7. The van der Waals surface area contributed by atoms with Crippen LogP contribution in [-0.4, -0.2) is 96.7 Å². The van der Waals surface area contributed by atoms with Crippen LogP contribution in [0.25, 0.3) is 0 Å². The molecule has 0 aromatic heterocycles. The predicted octanol–water partition coefficient (Wildman–Crippen LogP) is 25.5. The van der Waals surface area contributed by atoms with Gasteiger partial charge in [-0.1, -0.05) is 395 Å². The van der Waals surface area contributed by atoms with E-state index in [9.17, 15) is 43.2 Å². The Hall–Kier alpha value is -1.94. The largest absolute Gasteiger partial charge is 0.472 e. The van der Waals surface area contributed by atoms with E-state index in [0.29, 0.717) is 25.7 Å². The number of unbranched alkanes of at least 4 members (excludes halogenated alkanes) is 51. The Balaban J connectivity index is 5.20. The van der Waals surface area contributed by atoms with Gasteiger partial charge in [0.2, 0.25) is 0 Å². The fourth-order valence-corrected chi connectivity index (χ4v) is 14.6. The Morgan fingerprint density at radius 1 is 0.272 bits per heavy atom. The third-order valence-corrected chi connectivity index (χ3v) is 22.3. The second-order valence-electron chi connectivity index (χ2n) is 30.7. The summed E-state index contributed by atoms with van der Waals surface area (Å²) < 4.78 is 68.8. The van der Waals surface area contributed by atoms with Crippen molar-refractivity contribution in [3.63, 3.8) is 0 Å². The molecule has 0 radical (unpaired) electrons. The van der Waals surface area contributed by atoms with Crippen LogP contribution >= 0.6 is 15.6 Å². The summed E-state index contributed by atoms with van der Waals surface area (Å²) in [6.07, 6.45) is 66.6. The second kappa shape index (κ2) is 75.5. The highest BCUT2D eigenvalue weighted by Gasteiger charge is 2.30. The number of rotatable bonds is 83. The zero-order valence-electron chi connectivity index (χ0n) is 67.6. The van der Waals surface area contributed by atoms with Crippen molar-refractivity contribution >= 4 is 39.5 Å². The molecule has 19 heteroatoms. The summed E-state index contributed by atoms with van der Waals surface area (Å²) in [5.41, 5.74) is 0. The molecule has 17 nitrogen and oxygen atoms in total. The maximum absolute atomic E-state index is 13.1. The topological polar surface area (TPSA) is 237 Å². The number of aliphatic hydroxyl groups excluding tert-OH is 1. The van der Waals surface area contributed by atoms with Crippen molar-refractivity contribution in [3.8, 4) is 0 Å². The summed E-state index contributed by atoms with van der Waals surface area (Å²) >= 11 is 0. The van der Waals surface area contributed by atoms with Gasteiger partial charge in [-0.15, -0.1) is 0 Å². The molecule has 0 aliphatic heterocycles. The van der Waals surface area contributed by atoms with Gasteiger partial charge >= 0.3 is 39.5 Å². The van der Waals surface area contributed by atoms with Crippen molar-refractivity contribution in [2.24, 2.45) is 11.8 Å². The Morgan fingerprint density at radius 3 is 0.689 bits per heavy atom. The SMILES string of the molecule is CCCCCCCCCCCCCCCCCCCCCC(=O)O[C@H](COC(=O)CCCCCCCCCCCCCCCCC(C)CC)COP(=O)(O)OC[C@@H](O)COP(=O)(O)OC[C@@H](COC(=O)CCCCCCCCCC)OC(=O)CCCCCCCCCCCCCCCCC(C)CC. The van der Waals surface area contributed by atoms with Crippen LogP contribution in [0.5, 0.6) is 0 Å². The van der Waals surface area contributed by atoms with Gasteiger partial charge in [0.05, 0.1) is 26.4 Å². The molecule has 0 saturated carbocycles. The number of aliphatic hydroxyl groups is 1. The number of carbonyl (C=O) groups is 4. The van der Waals surface area contributed by atoms with Gasteiger partial charge in [0, 0.05) is 25.7 Å². The van der Waals surface area contributed by atoms with Crippen molar-refractivity contribution in [3.05, 3.63) is 0 Å². The molecule has 0 bridgehead atoms. The smallest absolute Gasteiger partial charge is 0.462 e. The lowest BCUT2D eigenvalue weighted by Crippen LogP contribution is -2.30. The maximum atomic E-state index is 13.1. The third kappa shape index (κ3) is 75.3. The lowest BCUT2D eigenvalue weighted by atomic mass is 9.99. The lowest BCUT2D eigenvalue weighted by molar-refractivity contribution is -0.161. The van der Waals surface area contributed by atoms with Gasteiger partial charge in [-0.25, -0.2) is 9.13 Å². The van der Waals surface area contributed by atoms with E-state index in [-0.39, 0.29) is 25.7 Å². The van der Waals surface area contributed by atoms with Crippen molar-refractivity contribution < 1.29 is 80.2 Å². The zero-order valence-corrected chi connectivity index (χ0v) is 69.4. The maximum Gasteiger partial charge on any atom is 0.472 e. The van der Waals surface area contributed by atoms with E-state index >= 15 is 0 Å². The standard InChI is InChI=1S/C84H164O17P2/c1-7-11-13-15-17-19-20-21-22-23-24-25-26-34-39-44-50-56-62-68-84(89)101-80(73-95-82(87)67-61-55-49-43-38-33-29-27-31-36-41-46-52-58-64-76(5)9-3)75-99-103(92,93)97-71-78(85)70-96-102(90,91)98-74-79(72-94-81(86)66-60-54-48-18-16-14-12-8-2)100-83(88)69-63-57-51-45-40-35-30-28-32-37-42-47-53-59-65-77(6)10-4/h76-80,85H,7-75H2,1-6H3,(H,90,91)(H,92,93)/t76?,77?,78-,79+,80+/m0/s1. The molecule has 0 heterocycles. The normalized spacial score (nSPS) is 14.4. The van der Waals surface area contributed by atoms with Crippen molar-refractivity contribution in [1.29, 1.82) is 0 Å². The van der Waals surface area contributed by atoms with E-state index in [4.69, 9.17) is 37.0 Å². The van der Waals surface area contributed by atoms with Crippen molar-refractivity contribution in [2.75, 3.05) is 39.6 Å². The molecule has 3 N–H and O–H groups in total. The van der Waals surface area contributed by atoms with Gasteiger partial charge in [-0.2, -0.15) is 0 Å². The molecular weight excluding hydrogens is 1340 g/mol. The van der Waals surface area contributed by atoms with Crippen LogP contribution in [0.15, 0.2) is 0 Å².